The van der Waals surface area contributed by atoms with E-state index in [1.165, 1.54) is 7.11 Å². The van der Waals surface area contributed by atoms with Crippen LogP contribution in [0.2, 0.25) is 0 Å². The fourth-order valence-electron chi connectivity index (χ4n) is 2.88. The number of thiocarbonyl (C=S) groups is 1. The molecule has 0 unspecified atom stereocenters. The summed E-state index contributed by atoms with van der Waals surface area (Å²) in [6, 6.07) is 0. The summed E-state index contributed by atoms with van der Waals surface area (Å²) in [5.41, 5.74) is 0. The van der Waals surface area contributed by atoms with Crippen LogP contribution in [0.5, 0.6) is 0 Å². The molecule has 1 aliphatic heterocycles. The molecule has 0 aromatic carbocycles. The Morgan fingerprint density at radius 2 is 2.00 bits per heavy atom. The maximum atomic E-state index is 11.4. The first-order chi connectivity index (χ1) is 11.5. The van der Waals surface area contributed by atoms with Crippen LogP contribution < -0.4 is 0 Å². The third-order valence-electron chi connectivity index (χ3n) is 4.06. The summed E-state index contributed by atoms with van der Waals surface area (Å²) < 4.78 is 10.6. The lowest BCUT2D eigenvalue weighted by molar-refractivity contribution is -0.147. The highest BCUT2D eigenvalue weighted by Crippen LogP contribution is 2.25. The second kappa shape index (κ2) is 11.3. The molecule has 5 nitrogen and oxygen atoms in total. The van der Waals surface area contributed by atoms with Gasteiger partial charge in [0.25, 0.3) is 0 Å². The molecule has 0 aromatic rings. The van der Waals surface area contributed by atoms with Crippen molar-refractivity contribution in [3.8, 4) is 0 Å². The summed E-state index contributed by atoms with van der Waals surface area (Å²) in [5.74, 6) is -0.258. The smallest absolute Gasteiger partial charge is 0.308 e. The van der Waals surface area contributed by atoms with Gasteiger partial charge in [-0.05, 0) is 25.7 Å². The minimum atomic E-state index is -0.559. The molecule has 24 heavy (non-hydrogen) atoms. The molecular formula is C18H29NO4S. The molecule has 0 amide bonds. The molecule has 1 N–H and O–H groups in total. The molecule has 3 atom stereocenters. The second-order valence-corrected chi connectivity index (χ2v) is 6.53. The molecule has 136 valence electrons. The van der Waals surface area contributed by atoms with Gasteiger partial charge in [-0.15, -0.1) is 13.2 Å². The Balaban J connectivity index is 2.43. The third kappa shape index (κ3) is 7.55. The zero-order valence-corrected chi connectivity index (χ0v) is 15.3. The van der Waals surface area contributed by atoms with Crippen molar-refractivity contribution in [1.82, 2.24) is 4.90 Å². The molecular weight excluding hydrogens is 326 g/mol. The molecule has 1 saturated heterocycles. The van der Waals surface area contributed by atoms with E-state index in [9.17, 15) is 9.90 Å². The number of ether oxygens (including phenoxy) is 2. The topological polar surface area (TPSA) is 59.0 Å². The van der Waals surface area contributed by atoms with Crippen molar-refractivity contribution < 1.29 is 19.4 Å². The molecule has 1 fully saturated rings. The van der Waals surface area contributed by atoms with Crippen molar-refractivity contribution in [2.45, 2.75) is 56.8 Å². The standard InChI is InChI=1S/C18H29NO4S/c1-4-9-19(10-5-2)17(24)12-14(20)11-15-7-6-8-16(23-15)13-18(21)22-3/h4-5,14-16,20H,1-2,6-13H2,3H3/t14-,15-,16+/m0/s1. The monoisotopic (exact) mass is 355 g/mol. The molecule has 1 aliphatic rings. The summed E-state index contributed by atoms with van der Waals surface area (Å²) in [7, 11) is 1.38. The summed E-state index contributed by atoms with van der Waals surface area (Å²) in [5, 5.41) is 10.3. The quantitative estimate of drug-likeness (QED) is 0.369. The predicted molar refractivity (Wildman–Crippen MR) is 99.0 cm³/mol. The molecule has 0 spiro atoms. The molecule has 0 aliphatic carbocycles. The molecule has 0 radical (unpaired) electrons. The van der Waals surface area contributed by atoms with Gasteiger partial charge in [-0.3, -0.25) is 4.79 Å². The summed E-state index contributed by atoms with van der Waals surface area (Å²) in [6.45, 7) is 8.72. The van der Waals surface area contributed by atoms with Gasteiger partial charge in [-0.25, -0.2) is 0 Å². The summed E-state index contributed by atoms with van der Waals surface area (Å²) in [6.07, 6.45) is 6.79. The summed E-state index contributed by atoms with van der Waals surface area (Å²) in [4.78, 5) is 14.0. The minimum Gasteiger partial charge on any atom is -0.469 e. The van der Waals surface area contributed by atoms with E-state index in [-0.39, 0.29) is 24.6 Å². The Bertz CT molecular complexity index is 431. The van der Waals surface area contributed by atoms with Crippen molar-refractivity contribution in [3.63, 3.8) is 0 Å². The van der Waals surface area contributed by atoms with Crippen LogP contribution >= 0.6 is 12.2 Å². The van der Waals surface area contributed by atoms with E-state index in [0.29, 0.717) is 30.9 Å². The number of carbonyl (C=O) groups is 1. The Labute approximate surface area is 150 Å². The van der Waals surface area contributed by atoms with Crippen LogP contribution in [0.3, 0.4) is 0 Å². The number of hydrogen-bond acceptors (Lipinski definition) is 5. The van der Waals surface area contributed by atoms with Gasteiger partial charge in [0.1, 0.15) is 0 Å². The van der Waals surface area contributed by atoms with Gasteiger partial charge in [-0.2, -0.15) is 0 Å². The average molecular weight is 356 g/mol. The number of aliphatic hydroxyl groups excluding tert-OH is 1. The fourth-order valence-corrected chi connectivity index (χ4v) is 3.22. The largest absolute Gasteiger partial charge is 0.469 e. The summed E-state index contributed by atoms with van der Waals surface area (Å²) >= 11 is 5.41. The van der Waals surface area contributed by atoms with Gasteiger partial charge in [0.15, 0.2) is 0 Å². The third-order valence-corrected chi connectivity index (χ3v) is 4.48. The maximum absolute atomic E-state index is 11.4. The number of esters is 1. The molecule has 1 rings (SSSR count). The van der Waals surface area contributed by atoms with Gasteiger partial charge in [0, 0.05) is 19.5 Å². The van der Waals surface area contributed by atoms with E-state index in [0.717, 1.165) is 19.3 Å². The number of methoxy groups -OCH3 is 1. The lowest BCUT2D eigenvalue weighted by Gasteiger charge is -2.31. The van der Waals surface area contributed by atoms with Gasteiger partial charge >= 0.3 is 5.97 Å². The highest BCUT2D eigenvalue weighted by Gasteiger charge is 2.27. The normalized spacial score (nSPS) is 21.6. The zero-order valence-electron chi connectivity index (χ0n) is 14.5. The van der Waals surface area contributed by atoms with Crippen molar-refractivity contribution in [2.75, 3.05) is 20.2 Å². The maximum Gasteiger partial charge on any atom is 0.308 e. The lowest BCUT2D eigenvalue weighted by Crippen LogP contribution is -2.35. The Kier molecular flexibility index (Phi) is 9.83. The SMILES string of the molecule is C=CCN(CC=C)C(=S)C[C@@H](O)C[C@@H]1CCC[C@H](CC(=O)OC)O1. The van der Waals surface area contributed by atoms with Crippen LogP contribution in [-0.2, 0) is 14.3 Å². The van der Waals surface area contributed by atoms with Gasteiger partial charge in [0.2, 0.25) is 0 Å². The first kappa shape index (κ1) is 20.8. The van der Waals surface area contributed by atoms with Crippen molar-refractivity contribution in [2.24, 2.45) is 0 Å². The minimum absolute atomic E-state index is 0.0431. The molecule has 0 saturated carbocycles. The van der Waals surface area contributed by atoms with Crippen LogP contribution in [0.1, 0.15) is 38.5 Å². The van der Waals surface area contributed by atoms with Crippen LogP contribution in [0.4, 0.5) is 0 Å². The average Bonchev–Trinajstić information content (AvgIpc) is 2.54. The Hall–Kier alpha value is -1.24. The first-order valence-electron chi connectivity index (χ1n) is 8.40. The van der Waals surface area contributed by atoms with Crippen molar-refractivity contribution >= 4 is 23.2 Å². The van der Waals surface area contributed by atoms with E-state index < -0.39 is 6.10 Å². The Morgan fingerprint density at radius 1 is 1.38 bits per heavy atom. The first-order valence-corrected chi connectivity index (χ1v) is 8.80. The number of nitrogens with zero attached hydrogens (tertiary/aromatic N) is 1. The van der Waals surface area contributed by atoms with Gasteiger partial charge < -0.3 is 19.5 Å². The van der Waals surface area contributed by atoms with Crippen LogP contribution in [-0.4, -0.2) is 59.5 Å². The van der Waals surface area contributed by atoms with E-state index in [4.69, 9.17) is 17.0 Å². The van der Waals surface area contributed by atoms with E-state index in [2.05, 4.69) is 17.9 Å². The van der Waals surface area contributed by atoms with Crippen molar-refractivity contribution in [3.05, 3.63) is 25.3 Å². The lowest BCUT2D eigenvalue weighted by atomic mass is 9.97. The molecule has 0 aromatic heterocycles. The van der Waals surface area contributed by atoms with E-state index >= 15 is 0 Å². The van der Waals surface area contributed by atoms with E-state index in [1.54, 1.807) is 12.2 Å². The highest BCUT2D eigenvalue weighted by atomic mass is 32.1. The fraction of sp³-hybridized carbons (Fsp3) is 0.667. The number of carbonyl (C=O) groups excluding carboxylic acids is 1. The molecule has 1 heterocycles. The van der Waals surface area contributed by atoms with Gasteiger partial charge in [-0.1, -0.05) is 24.4 Å². The van der Waals surface area contributed by atoms with Crippen LogP contribution in [0.25, 0.3) is 0 Å². The second-order valence-electron chi connectivity index (χ2n) is 6.06. The number of rotatable bonds is 10. The van der Waals surface area contributed by atoms with Crippen LogP contribution in [0.15, 0.2) is 25.3 Å². The molecule has 6 heteroatoms. The predicted octanol–water partition coefficient (Wildman–Crippen LogP) is 2.63. The highest BCUT2D eigenvalue weighted by molar-refractivity contribution is 7.80. The zero-order chi connectivity index (χ0) is 17.9. The van der Waals surface area contributed by atoms with E-state index in [1.807, 2.05) is 4.90 Å². The number of aliphatic hydroxyl groups is 1. The Morgan fingerprint density at radius 3 is 2.58 bits per heavy atom. The van der Waals surface area contributed by atoms with Crippen LogP contribution in [0, 0.1) is 0 Å². The number of hydrogen-bond donors (Lipinski definition) is 1. The van der Waals surface area contributed by atoms with Crippen molar-refractivity contribution in [1.29, 1.82) is 0 Å². The van der Waals surface area contributed by atoms with Gasteiger partial charge in [0.05, 0.1) is 36.8 Å². The molecule has 0 bridgehead atoms.